The molecule has 0 bridgehead atoms. The van der Waals surface area contributed by atoms with Gasteiger partial charge in [-0.25, -0.2) is 13.4 Å². The van der Waals surface area contributed by atoms with Gasteiger partial charge in [-0.2, -0.15) is 0 Å². The van der Waals surface area contributed by atoms with E-state index in [9.17, 15) is 13.2 Å². The molecule has 3 rings (SSSR count). The van der Waals surface area contributed by atoms with Crippen LogP contribution in [0.4, 0.5) is 5.69 Å². The predicted octanol–water partition coefficient (Wildman–Crippen LogP) is 4.14. The molecule has 0 aliphatic carbocycles. The summed E-state index contributed by atoms with van der Waals surface area (Å²) in [6.07, 6.45) is 1.22. The number of pyridine rings is 1. The van der Waals surface area contributed by atoms with Crippen molar-refractivity contribution in [2.45, 2.75) is 16.8 Å². The maximum atomic E-state index is 12.6. The molecule has 0 aliphatic heterocycles. The first-order valence-corrected chi connectivity index (χ1v) is 10.1. The van der Waals surface area contributed by atoms with E-state index in [0.717, 1.165) is 5.56 Å². The minimum atomic E-state index is -3.74. The molecule has 0 radical (unpaired) electrons. The van der Waals surface area contributed by atoms with Crippen LogP contribution in [0.5, 0.6) is 5.75 Å². The minimum absolute atomic E-state index is 0.125. The van der Waals surface area contributed by atoms with Crippen LogP contribution in [-0.2, 0) is 9.84 Å². The number of anilines is 1. The van der Waals surface area contributed by atoms with Gasteiger partial charge in [-0.05, 0) is 49.4 Å². The molecule has 0 spiro atoms. The van der Waals surface area contributed by atoms with Gasteiger partial charge < -0.3 is 10.1 Å². The fourth-order valence-corrected chi connectivity index (χ4v) is 3.89. The highest BCUT2D eigenvalue weighted by Crippen LogP contribution is 2.27. The van der Waals surface area contributed by atoms with Crippen LogP contribution in [0.1, 0.15) is 15.9 Å². The Morgan fingerprint density at radius 3 is 2.36 bits per heavy atom. The lowest BCUT2D eigenvalue weighted by molar-refractivity contribution is 0.102. The summed E-state index contributed by atoms with van der Waals surface area (Å²) >= 11 is 6.04. The second-order valence-corrected chi connectivity index (χ2v) is 8.31. The number of nitrogens with one attached hydrogen (secondary N) is 1. The first kappa shape index (κ1) is 19.9. The molecule has 0 saturated carbocycles. The smallest absolute Gasteiger partial charge is 0.257 e. The Morgan fingerprint density at radius 2 is 1.79 bits per heavy atom. The van der Waals surface area contributed by atoms with E-state index in [2.05, 4.69) is 10.3 Å². The number of hydrogen-bond acceptors (Lipinski definition) is 5. The van der Waals surface area contributed by atoms with E-state index in [1.54, 1.807) is 30.3 Å². The zero-order chi connectivity index (χ0) is 20.3. The molecule has 1 amide bonds. The van der Waals surface area contributed by atoms with Gasteiger partial charge in [-0.1, -0.05) is 29.3 Å². The molecule has 144 valence electrons. The first-order valence-electron chi connectivity index (χ1n) is 8.24. The van der Waals surface area contributed by atoms with Crippen LogP contribution in [-0.4, -0.2) is 26.4 Å². The van der Waals surface area contributed by atoms with Crippen molar-refractivity contribution < 1.29 is 17.9 Å². The van der Waals surface area contributed by atoms with E-state index in [1.807, 2.05) is 6.92 Å². The van der Waals surface area contributed by atoms with Crippen LogP contribution in [0.25, 0.3) is 0 Å². The van der Waals surface area contributed by atoms with Gasteiger partial charge in [0.25, 0.3) is 5.91 Å². The van der Waals surface area contributed by atoms with E-state index in [4.69, 9.17) is 16.3 Å². The molecule has 8 heteroatoms. The SMILES string of the molecule is COc1ccc(NC(=O)c2ccc(S(=O)(=O)c3ccc(C)cc3)nc2)cc1Cl. The standard InChI is InChI=1S/C20H17ClN2O4S/c1-13-3-7-16(8-4-13)28(25,26)19-10-5-14(12-22-19)20(24)23-15-6-9-18(27-2)17(21)11-15/h3-12H,1-2H3,(H,23,24). The fourth-order valence-electron chi connectivity index (χ4n) is 2.46. The van der Waals surface area contributed by atoms with Gasteiger partial charge in [0.2, 0.25) is 9.84 Å². The maximum Gasteiger partial charge on any atom is 0.257 e. The third-order valence-electron chi connectivity index (χ3n) is 4.01. The lowest BCUT2D eigenvalue weighted by Crippen LogP contribution is -2.13. The van der Waals surface area contributed by atoms with Crippen LogP contribution < -0.4 is 10.1 Å². The van der Waals surface area contributed by atoms with Crippen molar-refractivity contribution in [2.75, 3.05) is 12.4 Å². The number of methoxy groups -OCH3 is 1. The normalized spacial score (nSPS) is 11.1. The van der Waals surface area contributed by atoms with Gasteiger partial charge in [-0.3, -0.25) is 4.79 Å². The summed E-state index contributed by atoms with van der Waals surface area (Å²) in [7, 11) is -2.25. The van der Waals surface area contributed by atoms with E-state index < -0.39 is 15.7 Å². The number of ether oxygens (including phenoxy) is 1. The van der Waals surface area contributed by atoms with Gasteiger partial charge >= 0.3 is 0 Å². The fraction of sp³-hybridized carbons (Fsp3) is 0.100. The second kappa shape index (κ2) is 8.00. The zero-order valence-electron chi connectivity index (χ0n) is 15.1. The van der Waals surface area contributed by atoms with Gasteiger partial charge in [0.1, 0.15) is 5.75 Å². The third kappa shape index (κ3) is 4.16. The summed E-state index contributed by atoms with van der Waals surface area (Å²) in [6, 6.07) is 14.0. The molecule has 0 atom stereocenters. The van der Waals surface area contributed by atoms with E-state index in [-0.39, 0.29) is 15.5 Å². The molecule has 1 aromatic heterocycles. The third-order valence-corrected chi connectivity index (χ3v) is 6.00. The molecule has 0 aliphatic rings. The van der Waals surface area contributed by atoms with Crippen molar-refractivity contribution in [1.29, 1.82) is 0 Å². The summed E-state index contributed by atoms with van der Waals surface area (Å²) in [5, 5.41) is 2.91. The minimum Gasteiger partial charge on any atom is -0.495 e. The highest BCUT2D eigenvalue weighted by Gasteiger charge is 2.19. The summed E-state index contributed by atoms with van der Waals surface area (Å²) in [5.41, 5.74) is 1.65. The second-order valence-electron chi connectivity index (χ2n) is 6.01. The summed E-state index contributed by atoms with van der Waals surface area (Å²) < 4.78 is 30.3. The molecule has 0 unspecified atom stereocenters. The van der Waals surface area contributed by atoms with Crippen LogP contribution in [0.15, 0.2) is 70.7 Å². The maximum absolute atomic E-state index is 12.6. The molecule has 6 nitrogen and oxygen atoms in total. The number of sulfone groups is 1. The van der Waals surface area contributed by atoms with Gasteiger partial charge in [-0.15, -0.1) is 0 Å². The van der Waals surface area contributed by atoms with E-state index in [0.29, 0.717) is 16.5 Å². The number of nitrogens with zero attached hydrogens (tertiary/aromatic N) is 1. The quantitative estimate of drug-likeness (QED) is 0.675. The van der Waals surface area contributed by atoms with Crippen molar-refractivity contribution in [3.63, 3.8) is 0 Å². The van der Waals surface area contributed by atoms with Crippen molar-refractivity contribution in [2.24, 2.45) is 0 Å². The Balaban J connectivity index is 1.79. The Bertz CT molecular complexity index is 1110. The summed E-state index contributed by atoms with van der Waals surface area (Å²) in [6.45, 7) is 1.87. The molecule has 3 aromatic rings. The van der Waals surface area contributed by atoms with Gasteiger partial charge in [0.15, 0.2) is 5.03 Å². The van der Waals surface area contributed by atoms with Crippen molar-refractivity contribution in [3.05, 3.63) is 76.9 Å². The van der Waals surface area contributed by atoms with Crippen LogP contribution >= 0.6 is 11.6 Å². The number of aromatic nitrogens is 1. The monoisotopic (exact) mass is 416 g/mol. The lowest BCUT2D eigenvalue weighted by atomic mass is 10.2. The lowest BCUT2D eigenvalue weighted by Gasteiger charge is -2.09. The number of aryl methyl sites for hydroxylation is 1. The Kier molecular flexibility index (Phi) is 5.67. The topological polar surface area (TPSA) is 85.4 Å². The van der Waals surface area contributed by atoms with Crippen LogP contribution in [0.3, 0.4) is 0 Å². The molecular formula is C20H17ClN2O4S. The Labute approximate surface area is 168 Å². The molecule has 28 heavy (non-hydrogen) atoms. The number of halogens is 1. The van der Waals surface area contributed by atoms with Gasteiger partial charge in [0, 0.05) is 11.9 Å². The Hall–Kier alpha value is -2.90. The average molecular weight is 417 g/mol. The molecular weight excluding hydrogens is 400 g/mol. The van der Waals surface area contributed by atoms with E-state index >= 15 is 0 Å². The number of carbonyl (C=O) groups is 1. The number of benzene rings is 2. The largest absolute Gasteiger partial charge is 0.495 e. The van der Waals surface area contributed by atoms with Crippen molar-refractivity contribution in [3.8, 4) is 5.75 Å². The van der Waals surface area contributed by atoms with Crippen LogP contribution in [0.2, 0.25) is 5.02 Å². The zero-order valence-corrected chi connectivity index (χ0v) is 16.7. The summed E-state index contributed by atoms with van der Waals surface area (Å²) in [5.74, 6) is 0.0556. The molecule has 1 heterocycles. The summed E-state index contributed by atoms with van der Waals surface area (Å²) in [4.78, 5) is 16.5. The van der Waals surface area contributed by atoms with E-state index in [1.165, 1.54) is 37.6 Å². The molecule has 0 fully saturated rings. The van der Waals surface area contributed by atoms with Gasteiger partial charge in [0.05, 0.1) is 22.6 Å². The molecule has 0 saturated heterocycles. The van der Waals surface area contributed by atoms with Crippen LogP contribution in [0, 0.1) is 6.92 Å². The average Bonchev–Trinajstić information content (AvgIpc) is 2.68. The number of amides is 1. The van der Waals surface area contributed by atoms with Crippen molar-refractivity contribution >= 4 is 33.0 Å². The molecule has 2 aromatic carbocycles. The molecule has 1 N–H and O–H groups in total. The number of hydrogen-bond donors (Lipinski definition) is 1. The highest BCUT2D eigenvalue weighted by atomic mass is 35.5. The highest BCUT2D eigenvalue weighted by molar-refractivity contribution is 7.91. The first-order chi connectivity index (χ1) is 13.3. The number of rotatable bonds is 5. The van der Waals surface area contributed by atoms with Crippen molar-refractivity contribution in [1.82, 2.24) is 4.98 Å². The number of carbonyl (C=O) groups excluding carboxylic acids is 1. The predicted molar refractivity (Wildman–Crippen MR) is 107 cm³/mol. The Morgan fingerprint density at radius 1 is 1.07 bits per heavy atom.